The van der Waals surface area contributed by atoms with Crippen LogP contribution in [0, 0.1) is 0 Å². The van der Waals surface area contributed by atoms with Crippen LogP contribution in [0.3, 0.4) is 0 Å². The first kappa shape index (κ1) is 12.2. The number of benzene rings is 1. The predicted molar refractivity (Wildman–Crippen MR) is 65.7 cm³/mol. The lowest BCUT2D eigenvalue weighted by Gasteiger charge is -2.09. The third-order valence-electron chi connectivity index (χ3n) is 2.35. The Bertz CT molecular complexity index is 504. The van der Waals surface area contributed by atoms with Crippen molar-refractivity contribution >= 4 is 5.69 Å². The fourth-order valence-corrected chi connectivity index (χ4v) is 1.48. The highest BCUT2D eigenvalue weighted by Crippen LogP contribution is 2.25. The molecule has 0 spiro atoms. The fraction of sp³-hybridized carbons (Fsp3) is 0.364. The highest BCUT2D eigenvalue weighted by molar-refractivity contribution is 5.53. The first-order valence-electron chi connectivity index (χ1n) is 5.41. The van der Waals surface area contributed by atoms with Crippen LogP contribution < -0.4 is 14.8 Å². The quantitative estimate of drug-likeness (QED) is 0.846. The van der Waals surface area contributed by atoms with Gasteiger partial charge in [0.05, 0.1) is 27.8 Å². The molecule has 2 rings (SSSR count). The van der Waals surface area contributed by atoms with Crippen LogP contribution in [-0.2, 0) is 13.6 Å². The smallest absolute Gasteiger partial charge is 0.193 e. The van der Waals surface area contributed by atoms with Gasteiger partial charge in [-0.25, -0.2) is 0 Å². The van der Waals surface area contributed by atoms with Crippen molar-refractivity contribution in [2.24, 2.45) is 7.05 Å². The molecule has 1 aromatic carbocycles. The molecular formula is C11H15N5O2. The molecule has 0 bridgehead atoms. The Balaban J connectivity index is 2.08. The number of aromatic nitrogens is 4. The molecule has 0 saturated carbocycles. The summed E-state index contributed by atoms with van der Waals surface area (Å²) < 4.78 is 10.4. The molecule has 7 heteroatoms. The average Bonchev–Trinajstić information content (AvgIpc) is 2.81. The molecule has 0 aliphatic carbocycles. The number of ether oxygens (including phenoxy) is 2. The molecular weight excluding hydrogens is 234 g/mol. The summed E-state index contributed by atoms with van der Waals surface area (Å²) in [7, 11) is 4.95. The molecule has 96 valence electrons. The van der Waals surface area contributed by atoms with Crippen molar-refractivity contribution in [1.29, 1.82) is 0 Å². The molecule has 0 radical (unpaired) electrons. The number of nitrogens with zero attached hydrogens (tertiary/aromatic N) is 4. The van der Waals surface area contributed by atoms with E-state index in [-0.39, 0.29) is 0 Å². The Morgan fingerprint density at radius 1 is 1.17 bits per heavy atom. The van der Waals surface area contributed by atoms with Gasteiger partial charge in [0.15, 0.2) is 5.82 Å². The van der Waals surface area contributed by atoms with Gasteiger partial charge in [0.2, 0.25) is 0 Å². The summed E-state index contributed by atoms with van der Waals surface area (Å²) >= 11 is 0. The highest BCUT2D eigenvalue weighted by Gasteiger charge is 2.04. The van der Waals surface area contributed by atoms with Gasteiger partial charge in [-0.3, -0.25) is 0 Å². The molecule has 1 aromatic heterocycles. The predicted octanol–water partition coefficient (Wildman–Crippen LogP) is 0.839. The monoisotopic (exact) mass is 249 g/mol. The first-order valence-corrected chi connectivity index (χ1v) is 5.41. The normalized spacial score (nSPS) is 10.2. The van der Waals surface area contributed by atoms with Gasteiger partial charge in [-0.15, -0.1) is 10.2 Å². The van der Waals surface area contributed by atoms with E-state index in [9.17, 15) is 0 Å². The minimum atomic E-state index is 0.490. The fourth-order valence-electron chi connectivity index (χ4n) is 1.48. The van der Waals surface area contributed by atoms with Gasteiger partial charge in [0.25, 0.3) is 0 Å². The van der Waals surface area contributed by atoms with Gasteiger partial charge in [-0.1, -0.05) is 0 Å². The molecule has 2 aromatic rings. The van der Waals surface area contributed by atoms with Crippen LogP contribution in [0.2, 0.25) is 0 Å². The molecule has 18 heavy (non-hydrogen) atoms. The molecule has 1 heterocycles. The van der Waals surface area contributed by atoms with Crippen LogP contribution in [0.1, 0.15) is 5.82 Å². The van der Waals surface area contributed by atoms with Gasteiger partial charge in [0, 0.05) is 23.9 Å². The van der Waals surface area contributed by atoms with E-state index in [0.717, 1.165) is 17.2 Å². The van der Waals surface area contributed by atoms with Crippen LogP contribution in [0.4, 0.5) is 5.69 Å². The number of hydrogen-bond donors (Lipinski definition) is 1. The molecule has 0 aliphatic heterocycles. The summed E-state index contributed by atoms with van der Waals surface area (Å²) in [6.45, 7) is 0.490. The van der Waals surface area contributed by atoms with Crippen LogP contribution in [-0.4, -0.2) is 34.4 Å². The number of rotatable bonds is 5. The van der Waals surface area contributed by atoms with E-state index < -0.39 is 0 Å². The van der Waals surface area contributed by atoms with Crippen LogP contribution in [0.15, 0.2) is 18.2 Å². The zero-order chi connectivity index (χ0) is 13.0. The van der Waals surface area contributed by atoms with Crippen molar-refractivity contribution in [2.45, 2.75) is 6.54 Å². The minimum absolute atomic E-state index is 0.490. The van der Waals surface area contributed by atoms with Crippen LogP contribution in [0.5, 0.6) is 11.5 Å². The van der Waals surface area contributed by atoms with E-state index in [4.69, 9.17) is 9.47 Å². The molecule has 0 fully saturated rings. The lowest BCUT2D eigenvalue weighted by atomic mass is 10.2. The summed E-state index contributed by atoms with van der Waals surface area (Å²) in [6, 6.07) is 5.56. The molecule has 0 unspecified atom stereocenters. The summed E-state index contributed by atoms with van der Waals surface area (Å²) in [4.78, 5) is 1.42. The summed E-state index contributed by atoms with van der Waals surface area (Å²) in [5, 5.41) is 14.9. The standard InChI is InChI=1S/C11H15N5O2/c1-16-14-11(13-15-16)7-12-8-4-9(17-2)6-10(5-8)18-3/h4-6,12H,7H2,1-3H3. The Kier molecular flexibility index (Phi) is 3.61. The second-order valence-corrected chi connectivity index (χ2v) is 3.65. The maximum atomic E-state index is 5.19. The Labute approximate surface area is 105 Å². The zero-order valence-corrected chi connectivity index (χ0v) is 10.5. The van der Waals surface area contributed by atoms with Gasteiger partial charge in [-0.05, 0) is 5.21 Å². The first-order chi connectivity index (χ1) is 8.71. The Morgan fingerprint density at radius 3 is 2.33 bits per heavy atom. The number of hydrogen-bond acceptors (Lipinski definition) is 6. The maximum Gasteiger partial charge on any atom is 0.193 e. The van der Waals surface area contributed by atoms with E-state index in [2.05, 4.69) is 20.7 Å². The molecule has 1 N–H and O–H groups in total. The van der Waals surface area contributed by atoms with Crippen molar-refractivity contribution in [3.8, 4) is 11.5 Å². The van der Waals surface area contributed by atoms with Crippen molar-refractivity contribution in [3.05, 3.63) is 24.0 Å². The summed E-state index contributed by atoms with van der Waals surface area (Å²) in [5.41, 5.74) is 0.874. The summed E-state index contributed by atoms with van der Waals surface area (Å²) in [6.07, 6.45) is 0. The van der Waals surface area contributed by atoms with Gasteiger partial charge in [-0.2, -0.15) is 4.80 Å². The maximum absolute atomic E-state index is 5.19. The highest BCUT2D eigenvalue weighted by atomic mass is 16.5. The van der Waals surface area contributed by atoms with Crippen molar-refractivity contribution in [2.75, 3.05) is 19.5 Å². The Morgan fingerprint density at radius 2 is 1.83 bits per heavy atom. The number of anilines is 1. The van der Waals surface area contributed by atoms with E-state index in [0.29, 0.717) is 12.4 Å². The number of tetrazole rings is 1. The zero-order valence-electron chi connectivity index (χ0n) is 10.5. The van der Waals surface area contributed by atoms with Crippen molar-refractivity contribution in [1.82, 2.24) is 20.2 Å². The van der Waals surface area contributed by atoms with Gasteiger partial charge in [0.1, 0.15) is 11.5 Å². The van der Waals surface area contributed by atoms with E-state index >= 15 is 0 Å². The molecule has 0 saturated heterocycles. The average molecular weight is 249 g/mol. The number of nitrogens with one attached hydrogen (secondary N) is 1. The van der Waals surface area contributed by atoms with E-state index in [1.807, 2.05) is 18.2 Å². The van der Waals surface area contributed by atoms with Crippen LogP contribution in [0.25, 0.3) is 0 Å². The van der Waals surface area contributed by atoms with Crippen molar-refractivity contribution in [3.63, 3.8) is 0 Å². The minimum Gasteiger partial charge on any atom is -0.497 e. The molecule has 7 nitrogen and oxygen atoms in total. The van der Waals surface area contributed by atoms with Gasteiger partial charge >= 0.3 is 0 Å². The van der Waals surface area contributed by atoms with Crippen molar-refractivity contribution < 1.29 is 9.47 Å². The topological polar surface area (TPSA) is 74.1 Å². The lowest BCUT2D eigenvalue weighted by Crippen LogP contribution is -2.02. The second kappa shape index (κ2) is 5.35. The summed E-state index contributed by atoms with van der Waals surface area (Å²) in [5.74, 6) is 2.08. The Hall–Kier alpha value is -2.31. The SMILES string of the molecule is COc1cc(NCc2nnn(C)n2)cc(OC)c1. The molecule has 0 atom stereocenters. The number of methoxy groups -OCH3 is 2. The van der Waals surface area contributed by atoms with Gasteiger partial charge < -0.3 is 14.8 Å². The molecule has 0 amide bonds. The third-order valence-corrected chi connectivity index (χ3v) is 2.35. The largest absolute Gasteiger partial charge is 0.497 e. The lowest BCUT2D eigenvalue weighted by molar-refractivity contribution is 0.394. The second-order valence-electron chi connectivity index (χ2n) is 3.65. The van der Waals surface area contributed by atoms with Crippen LogP contribution >= 0.6 is 0 Å². The molecule has 0 aliphatic rings. The third kappa shape index (κ3) is 2.88. The number of aryl methyl sites for hydroxylation is 1. The van der Waals surface area contributed by atoms with E-state index in [1.54, 1.807) is 21.3 Å². The van der Waals surface area contributed by atoms with E-state index in [1.165, 1.54) is 4.80 Å².